The number of esters is 1. The predicted octanol–water partition coefficient (Wildman–Crippen LogP) is 4.07. The summed E-state index contributed by atoms with van der Waals surface area (Å²) < 4.78 is 11.3. The molecule has 2 aromatic carbocycles. The molecule has 0 saturated carbocycles. The number of benzene rings is 2. The van der Waals surface area contributed by atoms with Crippen LogP contribution in [0.5, 0.6) is 5.75 Å². The Labute approximate surface area is 148 Å². The fourth-order valence-electron chi connectivity index (χ4n) is 2.64. The summed E-state index contributed by atoms with van der Waals surface area (Å²) in [6.45, 7) is 0. The van der Waals surface area contributed by atoms with Gasteiger partial charge in [0.15, 0.2) is 5.43 Å². The Kier molecular flexibility index (Phi) is 4.03. The first-order chi connectivity index (χ1) is 12.7. The molecule has 0 amide bonds. The predicted molar refractivity (Wildman–Crippen MR) is 97.1 cm³/mol. The molecule has 0 bridgehead atoms. The third-order valence-corrected chi connectivity index (χ3v) is 3.89. The zero-order chi connectivity index (χ0) is 17.9. The topological polar surface area (TPSA) is 69.4 Å². The summed E-state index contributed by atoms with van der Waals surface area (Å²) in [6.07, 6.45) is 3.01. The standard InChI is InChI=1S/C21H13NO4/c23-17-12-20(25-18-9-3-1-7-15(17)18)16-8-2-4-10-19(16)26-21(24)14-6-5-11-22-13-14/h1-13H. The van der Waals surface area contributed by atoms with E-state index in [2.05, 4.69) is 4.98 Å². The minimum atomic E-state index is -0.534. The molecule has 4 aromatic rings. The molecule has 0 N–H and O–H groups in total. The van der Waals surface area contributed by atoms with Gasteiger partial charge in [-0.2, -0.15) is 0 Å². The van der Waals surface area contributed by atoms with Crippen molar-refractivity contribution in [1.29, 1.82) is 0 Å². The average molecular weight is 343 g/mol. The molecule has 0 unspecified atom stereocenters. The van der Waals surface area contributed by atoms with E-state index in [-0.39, 0.29) is 5.43 Å². The highest BCUT2D eigenvalue weighted by Gasteiger charge is 2.15. The van der Waals surface area contributed by atoms with Crippen molar-refractivity contribution in [2.45, 2.75) is 0 Å². The average Bonchev–Trinajstić information content (AvgIpc) is 2.69. The van der Waals surface area contributed by atoms with Crippen molar-refractivity contribution >= 4 is 16.9 Å². The minimum Gasteiger partial charge on any atom is -0.456 e. The number of carbonyl (C=O) groups is 1. The summed E-state index contributed by atoms with van der Waals surface area (Å²) in [5, 5.41) is 0.501. The molecule has 5 nitrogen and oxygen atoms in total. The van der Waals surface area contributed by atoms with Crippen LogP contribution in [0.15, 0.2) is 88.3 Å². The van der Waals surface area contributed by atoms with Crippen molar-refractivity contribution in [1.82, 2.24) is 4.98 Å². The number of para-hydroxylation sites is 2. The Morgan fingerprint density at radius 3 is 2.62 bits per heavy atom. The largest absolute Gasteiger partial charge is 0.456 e. The number of ether oxygens (including phenoxy) is 1. The van der Waals surface area contributed by atoms with Crippen LogP contribution >= 0.6 is 0 Å². The Morgan fingerprint density at radius 2 is 1.77 bits per heavy atom. The Hall–Kier alpha value is -3.73. The molecule has 0 saturated heterocycles. The van der Waals surface area contributed by atoms with Crippen LogP contribution in [-0.4, -0.2) is 11.0 Å². The quantitative estimate of drug-likeness (QED) is 0.414. The van der Waals surface area contributed by atoms with Crippen molar-refractivity contribution in [3.05, 3.63) is 94.9 Å². The summed E-state index contributed by atoms with van der Waals surface area (Å²) in [4.78, 5) is 28.6. The smallest absolute Gasteiger partial charge is 0.345 e. The number of nitrogens with zero attached hydrogens (tertiary/aromatic N) is 1. The van der Waals surface area contributed by atoms with E-state index in [0.717, 1.165) is 0 Å². The number of hydrogen-bond donors (Lipinski definition) is 0. The molecule has 0 radical (unpaired) electrons. The summed E-state index contributed by atoms with van der Waals surface area (Å²) in [7, 11) is 0. The summed E-state index contributed by atoms with van der Waals surface area (Å²) in [6, 6.07) is 18.6. The van der Waals surface area contributed by atoms with Gasteiger partial charge in [0.1, 0.15) is 17.1 Å². The molecule has 0 spiro atoms. The molecule has 2 aromatic heterocycles. The Bertz CT molecular complexity index is 1150. The normalized spacial score (nSPS) is 10.6. The Morgan fingerprint density at radius 1 is 0.962 bits per heavy atom. The van der Waals surface area contributed by atoms with Gasteiger partial charge in [-0.3, -0.25) is 9.78 Å². The molecule has 26 heavy (non-hydrogen) atoms. The molecule has 0 fully saturated rings. The van der Waals surface area contributed by atoms with Gasteiger partial charge in [0.05, 0.1) is 16.5 Å². The van der Waals surface area contributed by atoms with Crippen LogP contribution < -0.4 is 10.2 Å². The molecule has 0 atom stereocenters. The van der Waals surface area contributed by atoms with Crippen LogP contribution in [0.3, 0.4) is 0 Å². The van der Waals surface area contributed by atoms with Gasteiger partial charge in [-0.15, -0.1) is 0 Å². The van der Waals surface area contributed by atoms with E-state index >= 15 is 0 Å². The first-order valence-electron chi connectivity index (χ1n) is 7.97. The molecule has 4 rings (SSSR count). The first-order valence-corrected chi connectivity index (χ1v) is 7.97. The van der Waals surface area contributed by atoms with Crippen LogP contribution in [0.2, 0.25) is 0 Å². The molecule has 0 aliphatic heterocycles. The van der Waals surface area contributed by atoms with E-state index in [4.69, 9.17) is 9.15 Å². The van der Waals surface area contributed by atoms with Gasteiger partial charge in [-0.1, -0.05) is 24.3 Å². The zero-order valence-electron chi connectivity index (χ0n) is 13.6. The number of pyridine rings is 1. The maximum absolute atomic E-state index is 12.4. The maximum Gasteiger partial charge on any atom is 0.345 e. The number of aromatic nitrogens is 1. The summed E-state index contributed by atoms with van der Waals surface area (Å²) in [5.41, 5.74) is 1.17. The van der Waals surface area contributed by atoms with E-state index in [1.807, 2.05) is 0 Å². The van der Waals surface area contributed by atoms with Crippen LogP contribution in [0.25, 0.3) is 22.3 Å². The Balaban J connectivity index is 1.77. The number of hydrogen-bond acceptors (Lipinski definition) is 5. The van der Waals surface area contributed by atoms with Gasteiger partial charge >= 0.3 is 5.97 Å². The zero-order valence-corrected chi connectivity index (χ0v) is 13.6. The van der Waals surface area contributed by atoms with Gasteiger partial charge in [0, 0.05) is 18.5 Å². The van der Waals surface area contributed by atoms with Gasteiger partial charge in [-0.25, -0.2) is 4.79 Å². The number of fused-ring (bicyclic) bond motifs is 1. The van der Waals surface area contributed by atoms with E-state index in [9.17, 15) is 9.59 Å². The third kappa shape index (κ3) is 2.98. The van der Waals surface area contributed by atoms with Crippen LogP contribution in [0.4, 0.5) is 0 Å². The van der Waals surface area contributed by atoms with Crippen molar-refractivity contribution in [3.8, 4) is 17.1 Å². The summed E-state index contributed by atoms with van der Waals surface area (Å²) in [5.74, 6) is 0.108. The van der Waals surface area contributed by atoms with Crippen molar-refractivity contribution in [2.75, 3.05) is 0 Å². The van der Waals surface area contributed by atoms with Crippen LogP contribution in [-0.2, 0) is 0 Å². The summed E-state index contributed by atoms with van der Waals surface area (Å²) >= 11 is 0. The molecule has 2 heterocycles. The monoisotopic (exact) mass is 343 g/mol. The van der Waals surface area contributed by atoms with Gasteiger partial charge in [0.2, 0.25) is 0 Å². The first kappa shape index (κ1) is 15.8. The third-order valence-electron chi connectivity index (χ3n) is 3.89. The second-order valence-electron chi connectivity index (χ2n) is 5.60. The van der Waals surface area contributed by atoms with E-state index in [0.29, 0.717) is 33.6 Å². The fraction of sp³-hybridized carbons (Fsp3) is 0. The van der Waals surface area contributed by atoms with Crippen LogP contribution in [0.1, 0.15) is 10.4 Å². The second kappa shape index (κ2) is 6.64. The maximum atomic E-state index is 12.4. The van der Waals surface area contributed by atoms with Crippen LogP contribution in [0, 0.1) is 0 Å². The second-order valence-corrected chi connectivity index (χ2v) is 5.60. The lowest BCUT2D eigenvalue weighted by molar-refractivity contribution is 0.0735. The highest BCUT2D eigenvalue weighted by atomic mass is 16.5. The molecular weight excluding hydrogens is 330 g/mol. The molecule has 0 aliphatic rings. The lowest BCUT2D eigenvalue weighted by atomic mass is 10.1. The van der Waals surface area contributed by atoms with Crippen molar-refractivity contribution in [3.63, 3.8) is 0 Å². The van der Waals surface area contributed by atoms with E-state index in [1.54, 1.807) is 66.9 Å². The number of rotatable bonds is 3. The van der Waals surface area contributed by atoms with Crippen molar-refractivity contribution < 1.29 is 13.9 Å². The highest BCUT2D eigenvalue weighted by molar-refractivity contribution is 5.91. The minimum absolute atomic E-state index is 0.157. The molecule has 0 aliphatic carbocycles. The van der Waals surface area contributed by atoms with Gasteiger partial charge in [-0.05, 0) is 36.4 Å². The van der Waals surface area contributed by atoms with Gasteiger partial charge < -0.3 is 9.15 Å². The van der Waals surface area contributed by atoms with E-state index in [1.165, 1.54) is 12.3 Å². The van der Waals surface area contributed by atoms with Gasteiger partial charge in [0.25, 0.3) is 0 Å². The lowest BCUT2D eigenvalue weighted by Gasteiger charge is -2.10. The van der Waals surface area contributed by atoms with E-state index < -0.39 is 5.97 Å². The fourth-order valence-corrected chi connectivity index (χ4v) is 2.64. The molecule has 126 valence electrons. The molecule has 5 heteroatoms. The SMILES string of the molecule is O=C(Oc1ccccc1-c1cc(=O)c2ccccc2o1)c1cccnc1. The molecular formula is C21H13NO4. The lowest BCUT2D eigenvalue weighted by Crippen LogP contribution is -2.09. The van der Waals surface area contributed by atoms with Crippen molar-refractivity contribution in [2.24, 2.45) is 0 Å². The highest BCUT2D eigenvalue weighted by Crippen LogP contribution is 2.31. The number of carbonyl (C=O) groups excluding carboxylic acids is 1.